The highest BCUT2D eigenvalue weighted by molar-refractivity contribution is 8.00. The molecule has 7 heteroatoms. The zero-order valence-electron chi connectivity index (χ0n) is 13.1. The molecule has 1 aliphatic rings. The molecule has 1 aromatic carbocycles. The van der Waals surface area contributed by atoms with Crippen LogP contribution in [0.5, 0.6) is 0 Å². The number of carboxylic acids is 1. The Balaban J connectivity index is 2.07. The van der Waals surface area contributed by atoms with E-state index < -0.39 is 11.2 Å². The van der Waals surface area contributed by atoms with Crippen LogP contribution in [-0.4, -0.2) is 52.7 Å². The highest BCUT2D eigenvalue weighted by Gasteiger charge is 2.25. The van der Waals surface area contributed by atoms with E-state index in [2.05, 4.69) is 5.32 Å². The number of rotatable bonds is 5. The first-order valence-electron chi connectivity index (χ1n) is 7.41. The molecule has 0 spiro atoms. The van der Waals surface area contributed by atoms with Crippen molar-refractivity contribution in [2.24, 2.45) is 0 Å². The van der Waals surface area contributed by atoms with E-state index in [0.717, 1.165) is 11.8 Å². The van der Waals surface area contributed by atoms with E-state index >= 15 is 0 Å². The minimum atomic E-state index is -0.919. The summed E-state index contributed by atoms with van der Waals surface area (Å²) in [6.07, 6.45) is 1.05. The van der Waals surface area contributed by atoms with Gasteiger partial charge in [-0.3, -0.25) is 14.4 Å². The molecule has 2 unspecified atom stereocenters. The molecule has 1 aliphatic heterocycles. The van der Waals surface area contributed by atoms with E-state index in [1.54, 1.807) is 43.1 Å². The van der Waals surface area contributed by atoms with Crippen LogP contribution in [-0.2, 0) is 9.59 Å². The highest BCUT2D eigenvalue weighted by atomic mass is 32.2. The van der Waals surface area contributed by atoms with Crippen molar-refractivity contribution in [2.45, 2.75) is 36.0 Å². The number of hydrogen-bond acceptors (Lipinski definition) is 4. The number of carboxylic acid groups (broad SMARTS) is 1. The molecule has 0 radical (unpaired) electrons. The van der Waals surface area contributed by atoms with Gasteiger partial charge in [-0.05, 0) is 25.5 Å². The summed E-state index contributed by atoms with van der Waals surface area (Å²) < 4.78 is 0. The molecule has 1 saturated heterocycles. The Labute approximate surface area is 139 Å². The van der Waals surface area contributed by atoms with Gasteiger partial charge in [0.1, 0.15) is 5.25 Å². The average Bonchev–Trinajstić information content (AvgIpc) is 2.51. The topological polar surface area (TPSA) is 86.7 Å². The zero-order valence-corrected chi connectivity index (χ0v) is 13.9. The van der Waals surface area contributed by atoms with Gasteiger partial charge in [0.25, 0.3) is 5.91 Å². The summed E-state index contributed by atoms with van der Waals surface area (Å²) in [5.74, 6) is -1.07. The predicted octanol–water partition coefficient (Wildman–Crippen LogP) is 1.60. The third-order valence-electron chi connectivity index (χ3n) is 3.75. The molecule has 0 bridgehead atoms. The molecule has 0 aliphatic carbocycles. The van der Waals surface area contributed by atoms with Crippen LogP contribution in [0.1, 0.15) is 30.1 Å². The van der Waals surface area contributed by atoms with E-state index in [9.17, 15) is 14.4 Å². The van der Waals surface area contributed by atoms with E-state index in [4.69, 9.17) is 5.11 Å². The quantitative estimate of drug-likeness (QED) is 0.798. The van der Waals surface area contributed by atoms with Crippen molar-refractivity contribution in [1.82, 2.24) is 10.2 Å². The maximum Gasteiger partial charge on any atom is 0.316 e. The number of piperidine rings is 1. The lowest BCUT2D eigenvalue weighted by atomic mass is 10.1. The molecular formula is C16H20N2O4S. The van der Waals surface area contributed by atoms with Crippen LogP contribution in [0, 0.1) is 0 Å². The minimum absolute atomic E-state index is 0.0832. The fourth-order valence-electron chi connectivity index (χ4n) is 2.39. The number of nitrogens with one attached hydrogen (secondary N) is 1. The van der Waals surface area contributed by atoms with Gasteiger partial charge in [-0.1, -0.05) is 12.1 Å². The Morgan fingerprint density at radius 3 is 2.74 bits per heavy atom. The number of thioether (sulfide) groups is 1. The number of hydrogen-bond donors (Lipinski definition) is 2. The molecular weight excluding hydrogens is 316 g/mol. The van der Waals surface area contributed by atoms with Gasteiger partial charge >= 0.3 is 5.97 Å². The lowest BCUT2D eigenvalue weighted by molar-refractivity contribution is -0.136. The van der Waals surface area contributed by atoms with E-state index in [1.165, 1.54) is 0 Å². The first-order valence-corrected chi connectivity index (χ1v) is 8.29. The number of amides is 2. The fraction of sp³-hybridized carbons (Fsp3) is 0.438. The van der Waals surface area contributed by atoms with Crippen LogP contribution in [0.25, 0.3) is 0 Å². The van der Waals surface area contributed by atoms with Gasteiger partial charge < -0.3 is 15.3 Å². The number of carbonyl (C=O) groups is 3. The van der Waals surface area contributed by atoms with E-state index in [1.807, 2.05) is 0 Å². The van der Waals surface area contributed by atoms with Crippen LogP contribution < -0.4 is 5.32 Å². The molecule has 2 amide bonds. The number of aliphatic carboxylic acids is 1. The van der Waals surface area contributed by atoms with Crippen LogP contribution >= 0.6 is 11.8 Å². The summed E-state index contributed by atoms with van der Waals surface area (Å²) in [5, 5.41) is 11.3. The summed E-state index contributed by atoms with van der Waals surface area (Å²) in [6, 6.07) is 6.88. The first-order chi connectivity index (χ1) is 10.9. The monoisotopic (exact) mass is 336 g/mol. The summed E-state index contributed by atoms with van der Waals surface area (Å²) >= 11 is 1.14. The van der Waals surface area contributed by atoms with Crippen molar-refractivity contribution in [3.8, 4) is 0 Å². The van der Waals surface area contributed by atoms with Crippen molar-refractivity contribution in [2.75, 3.05) is 13.6 Å². The average molecular weight is 336 g/mol. The smallest absolute Gasteiger partial charge is 0.316 e. The molecule has 23 heavy (non-hydrogen) atoms. The normalized spacial score (nSPS) is 19.3. The maximum atomic E-state index is 12.5. The molecule has 6 nitrogen and oxygen atoms in total. The zero-order chi connectivity index (χ0) is 17.0. The van der Waals surface area contributed by atoms with Crippen LogP contribution in [0.3, 0.4) is 0 Å². The van der Waals surface area contributed by atoms with Gasteiger partial charge in [-0.15, -0.1) is 11.8 Å². The van der Waals surface area contributed by atoms with E-state index in [-0.39, 0.29) is 17.9 Å². The van der Waals surface area contributed by atoms with Crippen molar-refractivity contribution in [3.05, 3.63) is 29.8 Å². The SMILES string of the molecule is CC(Sc1ccccc1C(=O)NC1CCC(=O)N(C)C1)C(=O)O. The Kier molecular flexibility index (Phi) is 5.65. The molecule has 124 valence electrons. The van der Waals surface area contributed by atoms with Gasteiger partial charge in [0.05, 0.1) is 5.56 Å². The predicted molar refractivity (Wildman–Crippen MR) is 87.5 cm³/mol. The molecule has 0 saturated carbocycles. The Hall–Kier alpha value is -2.02. The molecule has 1 fully saturated rings. The van der Waals surface area contributed by atoms with E-state index in [0.29, 0.717) is 29.8 Å². The summed E-state index contributed by atoms with van der Waals surface area (Å²) in [5.41, 5.74) is 0.463. The summed E-state index contributed by atoms with van der Waals surface area (Å²) in [6.45, 7) is 2.08. The second kappa shape index (κ2) is 7.50. The third-order valence-corrected chi connectivity index (χ3v) is 4.91. The second-order valence-corrected chi connectivity index (χ2v) is 6.96. The van der Waals surface area contributed by atoms with Gasteiger partial charge in [0, 0.05) is 31.0 Å². The van der Waals surface area contributed by atoms with Gasteiger partial charge in [-0.2, -0.15) is 0 Å². The van der Waals surface area contributed by atoms with Crippen molar-refractivity contribution >= 4 is 29.5 Å². The first kappa shape index (κ1) is 17.3. The maximum absolute atomic E-state index is 12.5. The number of likely N-dealkylation sites (N-methyl/N-ethyl adjacent to an activating group) is 1. The molecule has 2 atom stereocenters. The summed E-state index contributed by atoms with van der Waals surface area (Å²) in [4.78, 5) is 37.2. The van der Waals surface area contributed by atoms with Crippen LogP contribution in [0.15, 0.2) is 29.2 Å². The standard InChI is InChI=1S/C16H20N2O4S/c1-10(16(21)22)23-13-6-4-3-5-12(13)15(20)17-11-7-8-14(19)18(2)9-11/h3-6,10-11H,7-9H2,1-2H3,(H,17,20)(H,21,22). The Morgan fingerprint density at radius 2 is 2.09 bits per heavy atom. The third kappa shape index (κ3) is 4.48. The van der Waals surface area contributed by atoms with Gasteiger partial charge in [0.15, 0.2) is 0 Å². The molecule has 1 heterocycles. The lowest BCUT2D eigenvalue weighted by Crippen LogP contribution is -2.48. The number of likely N-dealkylation sites (tertiary alicyclic amines) is 1. The van der Waals surface area contributed by atoms with Crippen LogP contribution in [0.4, 0.5) is 0 Å². The Bertz CT molecular complexity index is 620. The fourth-order valence-corrected chi connectivity index (χ4v) is 3.32. The Morgan fingerprint density at radius 1 is 1.39 bits per heavy atom. The van der Waals surface area contributed by atoms with Crippen LogP contribution in [0.2, 0.25) is 0 Å². The largest absolute Gasteiger partial charge is 0.480 e. The van der Waals surface area contributed by atoms with Gasteiger partial charge in [0.2, 0.25) is 5.91 Å². The minimum Gasteiger partial charge on any atom is -0.480 e. The molecule has 2 rings (SSSR count). The summed E-state index contributed by atoms with van der Waals surface area (Å²) in [7, 11) is 1.72. The van der Waals surface area contributed by atoms with Crippen molar-refractivity contribution in [1.29, 1.82) is 0 Å². The van der Waals surface area contributed by atoms with Crippen molar-refractivity contribution < 1.29 is 19.5 Å². The molecule has 2 N–H and O–H groups in total. The molecule has 0 aromatic heterocycles. The highest BCUT2D eigenvalue weighted by Crippen LogP contribution is 2.27. The number of benzene rings is 1. The number of carbonyl (C=O) groups excluding carboxylic acids is 2. The van der Waals surface area contributed by atoms with Crippen molar-refractivity contribution in [3.63, 3.8) is 0 Å². The molecule has 1 aromatic rings. The lowest BCUT2D eigenvalue weighted by Gasteiger charge is -2.30. The second-order valence-electron chi connectivity index (χ2n) is 5.58. The van der Waals surface area contributed by atoms with Gasteiger partial charge in [-0.25, -0.2) is 0 Å². The number of nitrogens with zero attached hydrogens (tertiary/aromatic N) is 1.